The first kappa shape index (κ1) is 20.3. The third kappa shape index (κ3) is 8.17. The zero-order valence-electron chi connectivity index (χ0n) is 15.2. The molecule has 0 aromatic rings. The molecule has 1 heterocycles. The van der Waals surface area contributed by atoms with Gasteiger partial charge in [0.05, 0.1) is 6.04 Å². The van der Waals surface area contributed by atoms with Gasteiger partial charge in [0.2, 0.25) is 5.91 Å². The summed E-state index contributed by atoms with van der Waals surface area (Å²) < 4.78 is 10.7. The fourth-order valence-corrected chi connectivity index (χ4v) is 2.49. The van der Waals surface area contributed by atoms with Crippen molar-refractivity contribution in [2.75, 3.05) is 19.7 Å². The van der Waals surface area contributed by atoms with Crippen molar-refractivity contribution in [1.29, 1.82) is 0 Å². The topological polar surface area (TPSA) is 84.9 Å². The maximum absolute atomic E-state index is 12.3. The standard InChI is InChI=1S/C17H30N2O5/c1-13(20)18-10-7-9-15(21)23-12-14-8-5-6-11-19(14)16(22)24-17(2,3)4/h14H,5-12H2,1-4H3,(H,18,20). The highest BCUT2D eigenvalue weighted by atomic mass is 16.6. The molecule has 0 radical (unpaired) electrons. The van der Waals surface area contributed by atoms with Crippen LogP contribution in [0.2, 0.25) is 0 Å². The predicted octanol–water partition coefficient (Wildman–Crippen LogP) is 2.24. The van der Waals surface area contributed by atoms with Gasteiger partial charge in [0.1, 0.15) is 12.2 Å². The Balaban J connectivity index is 2.38. The minimum atomic E-state index is -0.542. The summed E-state index contributed by atoms with van der Waals surface area (Å²) in [5, 5.41) is 2.63. The number of hydrogen-bond donors (Lipinski definition) is 1. The molecule has 24 heavy (non-hydrogen) atoms. The van der Waals surface area contributed by atoms with E-state index in [-0.39, 0.29) is 37.0 Å². The van der Waals surface area contributed by atoms with E-state index in [2.05, 4.69) is 5.32 Å². The van der Waals surface area contributed by atoms with Crippen molar-refractivity contribution in [2.45, 2.75) is 71.4 Å². The van der Waals surface area contributed by atoms with Crippen molar-refractivity contribution < 1.29 is 23.9 Å². The SMILES string of the molecule is CC(=O)NCCCC(=O)OCC1CCCCN1C(=O)OC(C)(C)C. The fourth-order valence-electron chi connectivity index (χ4n) is 2.49. The van der Waals surface area contributed by atoms with Crippen LogP contribution < -0.4 is 5.32 Å². The Bertz CT molecular complexity index is 445. The van der Waals surface area contributed by atoms with Gasteiger partial charge >= 0.3 is 12.1 Å². The second kappa shape index (κ2) is 9.49. The Morgan fingerprint density at radius 2 is 1.92 bits per heavy atom. The van der Waals surface area contributed by atoms with Gasteiger partial charge in [0.15, 0.2) is 0 Å². The normalized spacial score (nSPS) is 18.0. The Labute approximate surface area is 144 Å². The molecule has 1 aliphatic rings. The van der Waals surface area contributed by atoms with E-state index in [1.165, 1.54) is 6.92 Å². The van der Waals surface area contributed by atoms with Gasteiger partial charge in [-0.3, -0.25) is 9.59 Å². The molecule has 7 nitrogen and oxygen atoms in total. The van der Waals surface area contributed by atoms with Crippen LogP contribution in [0.15, 0.2) is 0 Å². The minimum Gasteiger partial charge on any atom is -0.463 e. The molecule has 1 aliphatic heterocycles. The third-order valence-electron chi connectivity index (χ3n) is 3.62. The van der Waals surface area contributed by atoms with Crippen LogP contribution >= 0.6 is 0 Å². The first-order valence-corrected chi connectivity index (χ1v) is 8.59. The van der Waals surface area contributed by atoms with Gasteiger partial charge in [-0.05, 0) is 46.5 Å². The summed E-state index contributed by atoms with van der Waals surface area (Å²) in [4.78, 5) is 36.4. The first-order chi connectivity index (χ1) is 11.2. The summed E-state index contributed by atoms with van der Waals surface area (Å²) in [5.74, 6) is -0.423. The molecule has 0 spiro atoms. The van der Waals surface area contributed by atoms with E-state index < -0.39 is 5.60 Å². The van der Waals surface area contributed by atoms with Crippen LogP contribution in [0.1, 0.15) is 59.8 Å². The van der Waals surface area contributed by atoms with Crippen LogP contribution in [0.5, 0.6) is 0 Å². The number of rotatable bonds is 6. The van der Waals surface area contributed by atoms with E-state index in [1.54, 1.807) is 4.90 Å². The van der Waals surface area contributed by atoms with Gasteiger partial charge < -0.3 is 19.7 Å². The number of likely N-dealkylation sites (tertiary alicyclic amines) is 1. The third-order valence-corrected chi connectivity index (χ3v) is 3.62. The van der Waals surface area contributed by atoms with Crippen LogP contribution in [0.4, 0.5) is 4.79 Å². The second-order valence-electron chi connectivity index (χ2n) is 7.09. The van der Waals surface area contributed by atoms with E-state index in [0.29, 0.717) is 19.5 Å². The van der Waals surface area contributed by atoms with Crippen LogP contribution in [0.25, 0.3) is 0 Å². The zero-order valence-corrected chi connectivity index (χ0v) is 15.2. The maximum Gasteiger partial charge on any atom is 0.410 e. The number of carbonyl (C=O) groups excluding carboxylic acids is 3. The van der Waals surface area contributed by atoms with Crippen LogP contribution in [0, 0.1) is 0 Å². The number of esters is 1. The van der Waals surface area contributed by atoms with Crippen LogP contribution in [-0.2, 0) is 19.1 Å². The fraction of sp³-hybridized carbons (Fsp3) is 0.824. The molecular weight excluding hydrogens is 312 g/mol. The van der Waals surface area contributed by atoms with Crippen molar-refractivity contribution in [3.8, 4) is 0 Å². The molecule has 1 atom stereocenters. The largest absolute Gasteiger partial charge is 0.463 e. The second-order valence-corrected chi connectivity index (χ2v) is 7.09. The molecule has 0 aliphatic carbocycles. The van der Waals surface area contributed by atoms with E-state index in [9.17, 15) is 14.4 Å². The number of carbonyl (C=O) groups is 3. The number of nitrogens with zero attached hydrogens (tertiary/aromatic N) is 1. The quantitative estimate of drug-likeness (QED) is 0.591. The number of ether oxygens (including phenoxy) is 2. The summed E-state index contributed by atoms with van der Waals surface area (Å²) in [6.45, 7) is 8.21. The highest BCUT2D eigenvalue weighted by Gasteiger charge is 2.31. The smallest absolute Gasteiger partial charge is 0.410 e. The summed E-state index contributed by atoms with van der Waals surface area (Å²) in [6, 6.07) is -0.132. The number of nitrogens with one attached hydrogen (secondary N) is 1. The maximum atomic E-state index is 12.3. The Morgan fingerprint density at radius 3 is 2.54 bits per heavy atom. The van der Waals surface area contributed by atoms with Crippen LogP contribution in [-0.4, -0.2) is 54.2 Å². The summed E-state index contributed by atoms with van der Waals surface area (Å²) in [7, 11) is 0. The van der Waals surface area contributed by atoms with Gasteiger partial charge in [0.25, 0.3) is 0 Å². The summed E-state index contributed by atoms with van der Waals surface area (Å²) in [5.41, 5.74) is -0.542. The predicted molar refractivity (Wildman–Crippen MR) is 89.5 cm³/mol. The highest BCUT2D eigenvalue weighted by Crippen LogP contribution is 2.20. The number of piperidine rings is 1. The van der Waals surface area contributed by atoms with Crippen LogP contribution in [0.3, 0.4) is 0 Å². The average molecular weight is 342 g/mol. The van der Waals surface area contributed by atoms with Crippen molar-refractivity contribution in [1.82, 2.24) is 10.2 Å². The molecule has 138 valence electrons. The molecular formula is C17H30N2O5. The van der Waals surface area contributed by atoms with E-state index in [0.717, 1.165) is 19.3 Å². The van der Waals surface area contributed by atoms with Crippen molar-refractivity contribution in [3.05, 3.63) is 0 Å². The average Bonchev–Trinajstić information content (AvgIpc) is 2.48. The molecule has 7 heteroatoms. The molecule has 1 saturated heterocycles. The lowest BCUT2D eigenvalue weighted by Gasteiger charge is -2.36. The summed E-state index contributed by atoms with van der Waals surface area (Å²) >= 11 is 0. The van der Waals surface area contributed by atoms with Gasteiger partial charge in [-0.25, -0.2) is 4.79 Å². The van der Waals surface area contributed by atoms with Crippen molar-refractivity contribution in [2.24, 2.45) is 0 Å². The molecule has 0 aromatic carbocycles. The Kier molecular flexibility index (Phi) is 8.01. The number of amides is 2. The molecule has 1 fully saturated rings. The van der Waals surface area contributed by atoms with E-state index in [1.807, 2.05) is 20.8 Å². The lowest BCUT2D eigenvalue weighted by molar-refractivity contribution is -0.146. The molecule has 0 aromatic heterocycles. The van der Waals surface area contributed by atoms with E-state index in [4.69, 9.17) is 9.47 Å². The van der Waals surface area contributed by atoms with Crippen molar-refractivity contribution >= 4 is 18.0 Å². The monoisotopic (exact) mass is 342 g/mol. The number of hydrogen-bond acceptors (Lipinski definition) is 5. The molecule has 0 bridgehead atoms. The molecule has 1 unspecified atom stereocenters. The van der Waals surface area contributed by atoms with Gasteiger partial charge in [-0.1, -0.05) is 0 Å². The lowest BCUT2D eigenvalue weighted by Crippen LogP contribution is -2.48. The Morgan fingerprint density at radius 1 is 1.21 bits per heavy atom. The summed E-state index contributed by atoms with van der Waals surface area (Å²) in [6.07, 6.45) is 3.18. The zero-order chi connectivity index (χ0) is 18.2. The molecule has 1 N–H and O–H groups in total. The van der Waals surface area contributed by atoms with Gasteiger partial charge in [-0.2, -0.15) is 0 Å². The van der Waals surface area contributed by atoms with E-state index >= 15 is 0 Å². The Hall–Kier alpha value is -1.79. The molecule has 1 rings (SSSR count). The lowest BCUT2D eigenvalue weighted by atomic mass is 10.0. The first-order valence-electron chi connectivity index (χ1n) is 8.59. The minimum absolute atomic E-state index is 0.112. The highest BCUT2D eigenvalue weighted by molar-refractivity contribution is 5.73. The van der Waals surface area contributed by atoms with Gasteiger partial charge in [-0.15, -0.1) is 0 Å². The van der Waals surface area contributed by atoms with Crippen molar-refractivity contribution in [3.63, 3.8) is 0 Å². The molecule has 0 saturated carbocycles. The van der Waals surface area contributed by atoms with Gasteiger partial charge in [0, 0.05) is 26.4 Å². The molecule has 2 amide bonds.